The van der Waals surface area contributed by atoms with E-state index in [1.165, 1.54) is 9.80 Å². The maximum absolute atomic E-state index is 13.9. The standard InChI is InChI=1S/C35H51N5O9S/c1-21(23-9-11-24(12-10-23)29-22(2)36-20-50-29)37-31(45)26-17-25(41)18-40(26)32(46)30(34(3,4)5)38-27(42)19-48-16-15-39(14-13-28(43)44)33(47)49-35(6,7)8/h9-12,20-21,25-26,30,41H,13-19H2,1-8H3,(H,37,45)(H,38,42)(H,43,44)/t21-,25+,26-,30+/m0/s1. The van der Waals surface area contributed by atoms with Crippen LogP contribution in [-0.4, -0.2) is 111 Å². The van der Waals surface area contributed by atoms with Gasteiger partial charge in [0.15, 0.2) is 0 Å². The van der Waals surface area contributed by atoms with E-state index >= 15 is 0 Å². The summed E-state index contributed by atoms with van der Waals surface area (Å²) in [6, 6.07) is 5.46. The first kappa shape index (κ1) is 40.4. The van der Waals surface area contributed by atoms with Crippen LogP contribution in [0.2, 0.25) is 0 Å². The Morgan fingerprint density at radius 3 is 2.28 bits per heavy atom. The van der Waals surface area contributed by atoms with E-state index in [0.29, 0.717) is 0 Å². The number of likely N-dealkylation sites (tertiary alicyclic amines) is 1. The summed E-state index contributed by atoms with van der Waals surface area (Å²) in [6.07, 6.45) is -1.86. The lowest BCUT2D eigenvalue weighted by Crippen LogP contribution is -2.58. The van der Waals surface area contributed by atoms with Crippen molar-refractivity contribution in [2.24, 2.45) is 5.41 Å². The third-order valence-electron chi connectivity index (χ3n) is 8.05. The van der Waals surface area contributed by atoms with Crippen molar-refractivity contribution in [1.29, 1.82) is 0 Å². The largest absolute Gasteiger partial charge is 0.481 e. The summed E-state index contributed by atoms with van der Waals surface area (Å²) in [6.45, 7) is 13.5. The average molecular weight is 718 g/mol. The molecule has 0 unspecified atom stereocenters. The minimum Gasteiger partial charge on any atom is -0.481 e. The van der Waals surface area contributed by atoms with E-state index in [4.69, 9.17) is 14.6 Å². The van der Waals surface area contributed by atoms with Crippen molar-refractivity contribution in [3.63, 3.8) is 0 Å². The molecule has 0 saturated carbocycles. The number of carboxylic acid groups (broad SMARTS) is 1. The molecule has 50 heavy (non-hydrogen) atoms. The predicted octanol–water partition coefficient (Wildman–Crippen LogP) is 3.52. The molecule has 0 bridgehead atoms. The van der Waals surface area contributed by atoms with E-state index in [1.807, 2.05) is 38.1 Å². The molecule has 4 N–H and O–H groups in total. The van der Waals surface area contributed by atoms with Gasteiger partial charge in [-0.25, -0.2) is 9.78 Å². The number of β-amino-alcohol motifs (C(OH)–C–C–N with tert-alkyl or cyclic N) is 1. The molecule has 0 aliphatic carbocycles. The number of aromatic nitrogens is 1. The van der Waals surface area contributed by atoms with Gasteiger partial charge in [0.2, 0.25) is 17.7 Å². The molecule has 14 nitrogen and oxygen atoms in total. The van der Waals surface area contributed by atoms with Crippen molar-refractivity contribution < 1.29 is 43.7 Å². The lowest BCUT2D eigenvalue weighted by Gasteiger charge is -2.35. The summed E-state index contributed by atoms with van der Waals surface area (Å²) in [5.41, 5.74) is 3.09. The van der Waals surface area contributed by atoms with Crippen LogP contribution in [0.4, 0.5) is 4.79 Å². The first-order chi connectivity index (χ1) is 23.3. The molecule has 276 valence electrons. The van der Waals surface area contributed by atoms with Crippen LogP contribution in [-0.2, 0) is 28.7 Å². The van der Waals surface area contributed by atoms with Crippen molar-refractivity contribution in [2.75, 3.05) is 32.8 Å². The number of aliphatic carboxylic acids is 1. The molecule has 1 fully saturated rings. The number of aliphatic hydroxyl groups is 1. The highest BCUT2D eigenvalue weighted by Gasteiger charge is 2.44. The second kappa shape index (κ2) is 17.2. The SMILES string of the molecule is Cc1ncsc1-c1ccc([C@H](C)NC(=O)[C@@H]2C[C@@H](O)CN2C(=O)[C@@H](NC(=O)COCCN(CCC(=O)O)C(=O)OC(C)(C)C)C(C)(C)C)cc1. The number of amides is 4. The maximum atomic E-state index is 13.9. The Labute approximate surface area is 297 Å². The van der Waals surface area contributed by atoms with Crippen LogP contribution in [0, 0.1) is 12.3 Å². The number of carboxylic acids is 1. The summed E-state index contributed by atoms with van der Waals surface area (Å²) in [7, 11) is 0. The van der Waals surface area contributed by atoms with Gasteiger partial charge in [-0.15, -0.1) is 11.3 Å². The fourth-order valence-electron chi connectivity index (χ4n) is 5.41. The van der Waals surface area contributed by atoms with Gasteiger partial charge in [0.05, 0.1) is 41.3 Å². The number of benzene rings is 1. The Morgan fingerprint density at radius 2 is 1.72 bits per heavy atom. The van der Waals surface area contributed by atoms with E-state index in [0.717, 1.165) is 21.7 Å². The van der Waals surface area contributed by atoms with Gasteiger partial charge in [-0.3, -0.25) is 19.2 Å². The summed E-state index contributed by atoms with van der Waals surface area (Å²) < 4.78 is 10.8. The lowest BCUT2D eigenvalue weighted by molar-refractivity contribution is -0.144. The number of ether oxygens (including phenoxy) is 2. The molecule has 1 aliphatic rings. The van der Waals surface area contributed by atoms with Crippen LogP contribution in [0.15, 0.2) is 29.8 Å². The first-order valence-corrected chi connectivity index (χ1v) is 17.5. The van der Waals surface area contributed by atoms with E-state index in [9.17, 15) is 29.1 Å². The number of hydrogen-bond donors (Lipinski definition) is 4. The molecular formula is C35H51N5O9S. The minimum absolute atomic E-state index is 0.0199. The second-order valence-electron chi connectivity index (χ2n) is 14.5. The molecule has 4 amide bonds. The molecule has 3 rings (SSSR count). The number of carbonyl (C=O) groups is 5. The maximum Gasteiger partial charge on any atom is 0.410 e. The van der Waals surface area contributed by atoms with Crippen LogP contribution in [0.3, 0.4) is 0 Å². The Morgan fingerprint density at radius 1 is 1.06 bits per heavy atom. The highest BCUT2D eigenvalue weighted by Crippen LogP contribution is 2.29. The van der Waals surface area contributed by atoms with Crippen LogP contribution in [0.1, 0.15) is 78.6 Å². The summed E-state index contributed by atoms with van der Waals surface area (Å²) in [5, 5.41) is 25.3. The normalized spacial score (nSPS) is 17.5. The highest BCUT2D eigenvalue weighted by atomic mass is 32.1. The van der Waals surface area contributed by atoms with Crippen LogP contribution in [0.5, 0.6) is 0 Å². The fraction of sp³-hybridized carbons (Fsp3) is 0.600. The van der Waals surface area contributed by atoms with Gasteiger partial charge in [-0.1, -0.05) is 45.0 Å². The molecule has 0 radical (unpaired) electrons. The molecule has 1 aliphatic heterocycles. The molecule has 15 heteroatoms. The third-order valence-corrected chi connectivity index (χ3v) is 9.02. The fourth-order valence-corrected chi connectivity index (χ4v) is 6.22. The van der Waals surface area contributed by atoms with Gasteiger partial charge in [0.1, 0.15) is 24.3 Å². The Hall–Kier alpha value is -4.08. The smallest absolute Gasteiger partial charge is 0.410 e. The zero-order chi connectivity index (χ0) is 37.4. The van der Waals surface area contributed by atoms with E-state index < -0.39 is 65.6 Å². The van der Waals surface area contributed by atoms with E-state index in [2.05, 4.69) is 15.6 Å². The summed E-state index contributed by atoms with van der Waals surface area (Å²) in [5.74, 6) is -2.60. The van der Waals surface area contributed by atoms with Gasteiger partial charge >= 0.3 is 12.1 Å². The summed E-state index contributed by atoms with van der Waals surface area (Å²) >= 11 is 1.56. The Kier molecular flexibility index (Phi) is 13.9. The van der Waals surface area contributed by atoms with Crippen molar-refractivity contribution >= 4 is 41.1 Å². The Bertz CT molecular complexity index is 1500. The third kappa shape index (κ3) is 11.8. The predicted molar refractivity (Wildman–Crippen MR) is 187 cm³/mol. The molecular weight excluding hydrogens is 666 g/mol. The topological polar surface area (TPSA) is 188 Å². The van der Waals surface area contributed by atoms with E-state index in [-0.39, 0.29) is 45.1 Å². The number of nitrogens with zero attached hydrogens (tertiary/aromatic N) is 3. The zero-order valence-corrected chi connectivity index (χ0v) is 31.0. The van der Waals surface area contributed by atoms with Crippen molar-refractivity contribution in [1.82, 2.24) is 25.4 Å². The molecule has 0 spiro atoms. The quantitative estimate of drug-likeness (QED) is 0.211. The van der Waals surface area contributed by atoms with Crippen LogP contribution >= 0.6 is 11.3 Å². The number of rotatable bonds is 14. The monoisotopic (exact) mass is 717 g/mol. The zero-order valence-electron chi connectivity index (χ0n) is 30.1. The number of carbonyl (C=O) groups excluding carboxylic acids is 4. The van der Waals surface area contributed by atoms with Crippen LogP contribution in [0.25, 0.3) is 10.4 Å². The number of nitrogens with one attached hydrogen (secondary N) is 2. The molecule has 2 heterocycles. The van der Waals surface area contributed by atoms with Gasteiger partial charge < -0.3 is 40.1 Å². The number of thiazole rings is 1. The second-order valence-corrected chi connectivity index (χ2v) is 15.4. The minimum atomic E-state index is -1.08. The van der Waals surface area contributed by atoms with Crippen molar-refractivity contribution in [3.05, 3.63) is 41.0 Å². The average Bonchev–Trinajstić information content (AvgIpc) is 3.62. The molecule has 2 aromatic rings. The number of hydrogen-bond acceptors (Lipinski definition) is 10. The lowest BCUT2D eigenvalue weighted by atomic mass is 9.85. The van der Waals surface area contributed by atoms with Crippen LogP contribution < -0.4 is 10.6 Å². The Balaban J connectivity index is 1.61. The highest BCUT2D eigenvalue weighted by molar-refractivity contribution is 7.13. The molecule has 4 atom stereocenters. The van der Waals surface area contributed by atoms with Crippen molar-refractivity contribution in [3.8, 4) is 10.4 Å². The van der Waals surface area contributed by atoms with Gasteiger partial charge in [-0.05, 0) is 51.2 Å². The number of aryl methyl sites for hydroxylation is 1. The summed E-state index contributed by atoms with van der Waals surface area (Å²) in [4.78, 5) is 71.9. The molecule has 1 aromatic carbocycles. The van der Waals surface area contributed by atoms with Gasteiger partial charge in [-0.2, -0.15) is 0 Å². The number of aliphatic hydroxyl groups excluding tert-OH is 1. The van der Waals surface area contributed by atoms with Gasteiger partial charge in [0, 0.05) is 26.1 Å². The van der Waals surface area contributed by atoms with Gasteiger partial charge in [0.25, 0.3) is 0 Å². The first-order valence-electron chi connectivity index (χ1n) is 16.6. The molecule has 1 aromatic heterocycles. The van der Waals surface area contributed by atoms with Crippen molar-refractivity contribution in [2.45, 2.75) is 98.1 Å². The van der Waals surface area contributed by atoms with E-state index in [1.54, 1.807) is 58.4 Å². The molecule has 1 saturated heterocycles.